The molecule has 0 bridgehead atoms. The van der Waals surface area contributed by atoms with Crippen LogP contribution >= 0.6 is 0 Å². The van der Waals surface area contributed by atoms with Crippen LogP contribution in [0.4, 0.5) is 4.39 Å². The van der Waals surface area contributed by atoms with Gasteiger partial charge < -0.3 is 9.84 Å². The van der Waals surface area contributed by atoms with Crippen molar-refractivity contribution in [2.75, 3.05) is 7.11 Å². The van der Waals surface area contributed by atoms with Gasteiger partial charge in [-0.1, -0.05) is 13.8 Å². The van der Waals surface area contributed by atoms with Crippen molar-refractivity contribution >= 4 is 22.0 Å². The van der Waals surface area contributed by atoms with E-state index in [2.05, 4.69) is 4.74 Å². The van der Waals surface area contributed by atoms with Gasteiger partial charge in [0.2, 0.25) is 10.0 Å². The summed E-state index contributed by atoms with van der Waals surface area (Å²) in [4.78, 5) is 22.0. The van der Waals surface area contributed by atoms with E-state index in [0.29, 0.717) is 6.07 Å². The largest absolute Gasteiger partial charge is 0.480 e. The van der Waals surface area contributed by atoms with E-state index < -0.39 is 44.6 Å². The molecule has 0 aliphatic carbocycles. The highest BCUT2D eigenvalue weighted by Gasteiger charge is 2.31. The second-order valence-electron chi connectivity index (χ2n) is 4.81. The topological polar surface area (TPSA) is 110 Å². The van der Waals surface area contributed by atoms with Crippen molar-refractivity contribution < 1.29 is 32.2 Å². The van der Waals surface area contributed by atoms with E-state index in [1.54, 1.807) is 0 Å². The minimum absolute atomic E-state index is 0.385. The Morgan fingerprint density at radius 1 is 1.32 bits per heavy atom. The van der Waals surface area contributed by atoms with Crippen molar-refractivity contribution in [1.29, 1.82) is 0 Å². The number of rotatable bonds is 6. The molecule has 0 fully saturated rings. The summed E-state index contributed by atoms with van der Waals surface area (Å²) in [6.07, 6.45) is 0. The summed E-state index contributed by atoms with van der Waals surface area (Å²) in [6.45, 7) is 3.02. The zero-order valence-electron chi connectivity index (χ0n) is 12.2. The fraction of sp³-hybridized carbons (Fsp3) is 0.385. The summed E-state index contributed by atoms with van der Waals surface area (Å²) in [7, 11) is -3.38. The number of hydrogen-bond acceptors (Lipinski definition) is 5. The van der Waals surface area contributed by atoms with Gasteiger partial charge in [0.25, 0.3) is 0 Å². The molecular weight excluding hydrogens is 317 g/mol. The summed E-state index contributed by atoms with van der Waals surface area (Å²) in [5.41, 5.74) is -0.385. The molecule has 0 amide bonds. The number of methoxy groups -OCH3 is 1. The standard InChI is InChI=1S/C13H16FNO6S/c1-7(2)11(12(16)17)15-22(19,20)10-6-8(14)4-5-9(10)13(18)21-3/h4-7,11,15H,1-3H3,(H,16,17). The zero-order valence-corrected chi connectivity index (χ0v) is 13.0. The van der Waals surface area contributed by atoms with Crippen LogP contribution in [0.5, 0.6) is 0 Å². The molecule has 1 aromatic carbocycles. The lowest BCUT2D eigenvalue weighted by atomic mass is 10.1. The van der Waals surface area contributed by atoms with Crippen LogP contribution in [0.2, 0.25) is 0 Å². The van der Waals surface area contributed by atoms with Gasteiger partial charge in [-0.25, -0.2) is 17.6 Å². The number of benzene rings is 1. The van der Waals surface area contributed by atoms with E-state index in [9.17, 15) is 22.4 Å². The highest BCUT2D eigenvalue weighted by molar-refractivity contribution is 7.89. The molecule has 1 atom stereocenters. The molecule has 2 N–H and O–H groups in total. The smallest absolute Gasteiger partial charge is 0.339 e. The van der Waals surface area contributed by atoms with E-state index >= 15 is 0 Å². The van der Waals surface area contributed by atoms with Crippen molar-refractivity contribution in [1.82, 2.24) is 4.72 Å². The van der Waals surface area contributed by atoms with Gasteiger partial charge in [0.15, 0.2) is 0 Å². The van der Waals surface area contributed by atoms with Crippen LogP contribution in [0.25, 0.3) is 0 Å². The number of carboxylic acid groups (broad SMARTS) is 1. The van der Waals surface area contributed by atoms with Gasteiger partial charge in [-0.3, -0.25) is 4.79 Å². The predicted molar refractivity (Wildman–Crippen MR) is 74.3 cm³/mol. The fourth-order valence-corrected chi connectivity index (χ4v) is 3.24. The second kappa shape index (κ2) is 6.84. The monoisotopic (exact) mass is 333 g/mol. The van der Waals surface area contributed by atoms with Crippen LogP contribution in [-0.2, 0) is 19.6 Å². The van der Waals surface area contributed by atoms with E-state index in [1.807, 2.05) is 4.72 Å². The van der Waals surface area contributed by atoms with Crippen molar-refractivity contribution in [3.63, 3.8) is 0 Å². The van der Waals surface area contributed by atoms with Crippen LogP contribution in [-0.4, -0.2) is 38.6 Å². The quantitative estimate of drug-likeness (QED) is 0.752. The molecule has 9 heteroatoms. The number of aliphatic carboxylic acids is 1. The lowest BCUT2D eigenvalue weighted by Gasteiger charge is -2.19. The summed E-state index contributed by atoms with van der Waals surface area (Å²) >= 11 is 0. The van der Waals surface area contributed by atoms with Crippen LogP contribution in [0.1, 0.15) is 24.2 Å². The Bertz CT molecular complexity index is 686. The van der Waals surface area contributed by atoms with Crippen LogP contribution < -0.4 is 4.72 Å². The Labute approximate surface area is 127 Å². The average Bonchev–Trinajstić information content (AvgIpc) is 2.43. The Balaban J connectivity index is 3.36. The number of sulfonamides is 1. The van der Waals surface area contributed by atoms with Gasteiger partial charge in [0, 0.05) is 0 Å². The van der Waals surface area contributed by atoms with E-state index in [4.69, 9.17) is 5.11 Å². The lowest BCUT2D eigenvalue weighted by molar-refractivity contribution is -0.140. The molecule has 0 spiro atoms. The van der Waals surface area contributed by atoms with Gasteiger partial charge in [-0.05, 0) is 24.1 Å². The van der Waals surface area contributed by atoms with Gasteiger partial charge in [0.05, 0.1) is 17.6 Å². The minimum Gasteiger partial charge on any atom is -0.480 e. The Kier molecular flexibility index (Phi) is 5.61. The maximum atomic E-state index is 13.3. The first-order valence-electron chi connectivity index (χ1n) is 6.23. The molecule has 0 saturated carbocycles. The van der Waals surface area contributed by atoms with Crippen LogP contribution in [0.3, 0.4) is 0 Å². The lowest BCUT2D eigenvalue weighted by Crippen LogP contribution is -2.44. The first-order chi connectivity index (χ1) is 10.1. The summed E-state index contributed by atoms with van der Waals surface area (Å²) in [6, 6.07) is 1.08. The third kappa shape index (κ3) is 4.01. The highest BCUT2D eigenvalue weighted by atomic mass is 32.2. The predicted octanol–water partition coefficient (Wildman–Crippen LogP) is 1.000. The van der Waals surface area contributed by atoms with Crippen molar-refractivity contribution in [3.8, 4) is 0 Å². The van der Waals surface area contributed by atoms with Crippen LogP contribution in [0.15, 0.2) is 23.1 Å². The summed E-state index contributed by atoms with van der Waals surface area (Å²) in [5.74, 6) is -3.79. The Hall–Kier alpha value is -2.00. The minimum atomic E-state index is -4.43. The average molecular weight is 333 g/mol. The summed E-state index contributed by atoms with van der Waals surface area (Å²) in [5, 5.41) is 9.04. The molecule has 22 heavy (non-hydrogen) atoms. The first-order valence-corrected chi connectivity index (χ1v) is 7.71. The van der Waals surface area contributed by atoms with Gasteiger partial charge in [-0.15, -0.1) is 0 Å². The number of carbonyl (C=O) groups is 2. The molecule has 1 aromatic rings. The number of esters is 1. The Morgan fingerprint density at radius 3 is 2.36 bits per heavy atom. The van der Waals surface area contributed by atoms with E-state index in [1.165, 1.54) is 13.8 Å². The molecular formula is C13H16FNO6S. The van der Waals surface area contributed by atoms with Gasteiger partial charge in [-0.2, -0.15) is 4.72 Å². The third-order valence-electron chi connectivity index (χ3n) is 2.85. The van der Waals surface area contributed by atoms with E-state index in [0.717, 1.165) is 19.2 Å². The molecule has 0 aromatic heterocycles. The fourth-order valence-electron chi connectivity index (χ4n) is 1.70. The number of hydrogen-bond donors (Lipinski definition) is 2. The maximum Gasteiger partial charge on any atom is 0.339 e. The van der Waals surface area contributed by atoms with Gasteiger partial charge >= 0.3 is 11.9 Å². The molecule has 1 unspecified atom stereocenters. The van der Waals surface area contributed by atoms with Crippen LogP contribution in [0, 0.1) is 11.7 Å². The molecule has 0 aliphatic rings. The summed E-state index contributed by atoms with van der Waals surface area (Å²) < 4.78 is 44.3. The molecule has 7 nitrogen and oxygen atoms in total. The van der Waals surface area contributed by atoms with Crippen molar-refractivity contribution in [3.05, 3.63) is 29.6 Å². The number of carboxylic acids is 1. The number of ether oxygens (including phenoxy) is 1. The van der Waals surface area contributed by atoms with E-state index in [-0.39, 0.29) is 5.56 Å². The third-order valence-corrected chi connectivity index (χ3v) is 4.33. The zero-order chi connectivity index (χ0) is 17.1. The second-order valence-corrected chi connectivity index (χ2v) is 6.50. The molecule has 122 valence electrons. The molecule has 0 aliphatic heterocycles. The normalized spacial score (nSPS) is 13.0. The molecule has 0 radical (unpaired) electrons. The molecule has 0 saturated heterocycles. The Morgan fingerprint density at radius 2 is 1.91 bits per heavy atom. The maximum absolute atomic E-state index is 13.3. The number of halogens is 1. The first kappa shape index (κ1) is 18.1. The van der Waals surface area contributed by atoms with Crippen molar-refractivity contribution in [2.45, 2.75) is 24.8 Å². The molecule has 0 heterocycles. The number of carbonyl (C=O) groups excluding carboxylic acids is 1. The SMILES string of the molecule is COC(=O)c1ccc(F)cc1S(=O)(=O)NC(C(=O)O)C(C)C. The van der Waals surface area contributed by atoms with Crippen molar-refractivity contribution in [2.24, 2.45) is 5.92 Å². The highest BCUT2D eigenvalue weighted by Crippen LogP contribution is 2.19. The van der Waals surface area contributed by atoms with Gasteiger partial charge in [0.1, 0.15) is 11.9 Å². The number of nitrogens with one attached hydrogen (secondary N) is 1. The molecule has 1 rings (SSSR count).